The quantitative estimate of drug-likeness (QED) is 0.869. The molecule has 3 N–H and O–H groups in total. The highest BCUT2D eigenvalue weighted by Gasteiger charge is 2.04. The van der Waals surface area contributed by atoms with Gasteiger partial charge in [0.05, 0.1) is 18.1 Å². The van der Waals surface area contributed by atoms with Crippen molar-refractivity contribution in [3.63, 3.8) is 0 Å². The van der Waals surface area contributed by atoms with Crippen LogP contribution in [0.2, 0.25) is 0 Å². The Morgan fingerprint density at radius 3 is 2.75 bits per heavy atom. The van der Waals surface area contributed by atoms with Crippen LogP contribution in [0.25, 0.3) is 0 Å². The Bertz CT molecular complexity index is 659. The fourth-order valence-electron chi connectivity index (χ4n) is 1.98. The molecule has 1 amide bonds. The van der Waals surface area contributed by atoms with Gasteiger partial charge in [-0.1, -0.05) is 30.3 Å². The first-order chi connectivity index (χ1) is 9.69. The van der Waals surface area contributed by atoms with E-state index >= 15 is 0 Å². The minimum Gasteiger partial charge on any atom is -0.381 e. The Morgan fingerprint density at radius 2 is 2.00 bits per heavy atom. The molecular formula is C16H15N3O. The Labute approximate surface area is 117 Å². The summed E-state index contributed by atoms with van der Waals surface area (Å²) in [4.78, 5) is 11.0. The van der Waals surface area contributed by atoms with E-state index in [0.717, 1.165) is 16.8 Å². The van der Waals surface area contributed by atoms with Gasteiger partial charge in [-0.05, 0) is 29.3 Å². The zero-order valence-corrected chi connectivity index (χ0v) is 11.0. The van der Waals surface area contributed by atoms with E-state index in [4.69, 9.17) is 11.0 Å². The number of anilines is 1. The molecular weight excluding hydrogens is 250 g/mol. The summed E-state index contributed by atoms with van der Waals surface area (Å²) in [5.41, 5.74) is 8.64. The Morgan fingerprint density at radius 1 is 1.20 bits per heavy atom. The van der Waals surface area contributed by atoms with E-state index in [1.807, 2.05) is 42.5 Å². The van der Waals surface area contributed by atoms with Gasteiger partial charge in [0.2, 0.25) is 5.91 Å². The lowest BCUT2D eigenvalue weighted by atomic mass is 10.1. The number of rotatable bonds is 5. The summed E-state index contributed by atoms with van der Waals surface area (Å²) in [6, 6.07) is 17.1. The maximum atomic E-state index is 11.0. The van der Waals surface area contributed by atoms with Crippen molar-refractivity contribution in [2.24, 2.45) is 5.73 Å². The maximum absolute atomic E-state index is 11.0. The third-order valence-electron chi connectivity index (χ3n) is 2.92. The first-order valence-corrected chi connectivity index (χ1v) is 6.28. The van der Waals surface area contributed by atoms with Crippen molar-refractivity contribution in [2.75, 3.05) is 5.32 Å². The molecule has 0 aliphatic carbocycles. The number of carbonyl (C=O) groups is 1. The molecule has 0 aliphatic rings. The zero-order valence-electron chi connectivity index (χ0n) is 11.0. The van der Waals surface area contributed by atoms with Crippen LogP contribution >= 0.6 is 0 Å². The van der Waals surface area contributed by atoms with Gasteiger partial charge in [0, 0.05) is 12.2 Å². The second-order valence-electron chi connectivity index (χ2n) is 4.47. The number of carbonyl (C=O) groups excluding carboxylic acids is 1. The van der Waals surface area contributed by atoms with Gasteiger partial charge < -0.3 is 11.1 Å². The molecule has 20 heavy (non-hydrogen) atoms. The third-order valence-corrected chi connectivity index (χ3v) is 2.92. The third kappa shape index (κ3) is 3.59. The Kier molecular flexibility index (Phi) is 4.35. The number of primary amides is 1. The van der Waals surface area contributed by atoms with E-state index in [0.29, 0.717) is 12.1 Å². The average molecular weight is 265 g/mol. The van der Waals surface area contributed by atoms with E-state index in [1.54, 1.807) is 6.07 Å². The number of para-hydroxylation sites is 1. The van der Waals surface area contributed by atoms with Crippen LogP contribution in [0.15, 0.2) is 48.5 Å². The molecule has 4 nitrogen and oxygen atoms in total. The number of nitrogens with one attached hydrogen (secondary N) is 1. The molecule has 0 spiro atoms. The molecule has 4 heteroatoms. The van der Waals surface area contributed by atoms with E-state index in [-0.39, 0.29) is 12.3 Å². The van der Waals surface area contributed by atoms with Crippen molar-refractivity contribution in [1.29, 1.82) is 5.26 Å². The first-order valence-electron chi connectivity index (χ1n) is 6.28. The fourth-order valence-corrected chi connectivity index (χ4v) is 1.98. The molecule has 0 aliphatic heterocycles. The molecule has 2 aromatic carbocycles. The summed E-state index contributed by atoms with van der Waals surface area (Å²) in [5, 5.41) is 12.1. The van der Waals surface area contributed by atoms with Gasteiger partial charge in [-0.25, -0.2) is 0 Å². The van der Waals surface area contributed by atoms with Crippen LogP contribution in [0.3, 0.4) is 0 Å². The van der Waals surface area contributed by atoms with Crippen LogP contribution in [0.5, 0.6) is 0 Å². The summed E-state index contributed by atoms with van der Waals surface area (Å²) >= 11 is 0. The Hall–Kier alpha value is -2.80. The second-order valence-corrected chi connectivity index (χ2v) is 4.47. The van der Waals surface area contributed by atoms with Crippen LogP contribution in [0.1, 0.15) is 16.7 Å². The number of nitriles is 1. The van der Waals surface area contributed by atoms with Crippen LogP contribution in [-0.4, -0.2) is 5.91 Å². The molecule has 0 radical (unpaired) electrons. The van der Waals surface area contributed by atoms with Crippen LogP contribution < -0.4 is 11.1 Å². The standard InChI is InChI=1S/C16H15N3O/c17-10-12-4-3-5-13(8-12)11-19-15-7-2-1-6-14(15)9-16(18)20/h1-8,19H,9,11H2,(H2,18,20). The molecule has 0 fully saturated rings. The summed E-state index contributed by atoms with van der Waals surface area (Å²) in [5.74, 6) is -0.356. The Balaban J connectivity index is 2.10. The summed E-state index contributed by atoms with van der Waals surface area (Å²) < 4.78 is 0. The van der Waals surface area contributed by atoms with Crippen molar-refractivity contribution in [3.05, 3.63) is 65.2 Å². The normalized spacial score (nSPS) is 9.75. The van der Waals surface area contributed by atoms with Crippen molar-refractivity contribution in [1.82, 2.24) is 0 Å². The highest BCUT2D eigenvalue weighted by Crippen LogP contribution is 2.17. The van der Waals surface area contributed by atoms with Gasteiger partial charge in [-0.15, -0.1) is 0 Å². The molecule has 100 valence electrons. The zero-order chi connectivity index (χ0) is 14.4. The lowest BCUT2D eigenvalue weighted by Gasteiger charge is -2.11. The summed E-state index contributed by atoms with van der Waals surface area (Å²) in [6.45, 7) is 0.589. The molecule has 2 aromatic rings. The summed E-state index contributed by atoms with van der Waals surface area (Å²) in [7, 11) is 0. The SMILES string of the molecule is N#Cc1cccc(CNc2ccccc2CC(N)=O)c1. The molecule has 0 saturated carbocycles. The van der Waals surface area contributed by atoms with Gasteiger partial charge in [-0.2, -0.15) is 5.26 Å². The highest BCUT2D eigenvalue weighted by molar-refractivity contribution is 5.78. The van der Waals surface area contributed by atoms with Crippen molar-refractivity contribution in [3.8, 4) is 6.07 Å². The van der Waals surface area contributed by atoms with Gasteiger partial charge in [0.1, 0.15) is 0 Å². The van der Waals surface area contributed by atoms with Gasteiger partial charge in [0.15, 0.2) is 0 Å². The number of hydrogen-bond acceptors (Lipinski definition) is 3. The van der Waals surface area contributed by atoms with Crippen LogP contribution in [0.4, 0.5) is 5.69 Å². The number of nitrogens with zero attached hydrogens (tertiary/aromatic N) is 1. The molecule has 0 atom stereocenters. The van der Waals surface area contributed by atoms with Crippen molar-refractivity contribution < 1.29 is 4.79 Å². The van der Waals surface area contributed by atoms with E-state index in [1.165, 1.54) is 0 Å². The smallest absolute Gasteiger partial charge is 0.221 e. The monoisotopic (exact) mass is 265 g/mol. The number of nitrogens with two attached hydrogens (primary N) is 1. The summed E-state index contributed by atoms with van der Waals surface area (Å²) in [6.07, 6.45) is 0.210. The van der Waals surface area contributed by atoms with Gasteiger partial charge >= 0.3 is 0 Å². The topological polar surface area (TPSA) is 78.9 Å². The lowest BCUT2D eigenvalue weighted by molar-refractivity contribution is -0.117. The number of benzene rings is 2. The maximum Gasteiger partial charge on any atom is 0.221 e. The molecule has 0 unspecified atom stereocenters. The molecule has 0 aromatic heterocycles. The van der Waals surface area contributed by atoms with Crippen molar-refractivity contribution in [2.45, 2.75) is 13.0 Å². The van der Waals surface area contributed by atoms with Crippen molar-refractivity contribution >= 4 is 11.6 Å². The number of hydrogen-bond donors (Lipinski definition) is 2. The molecule has 2 rings (SSSR count). The van der Waals surface area contributed by atoms with Crippen LogP contribution in [-0.2, 0) is 17.8 Å². The lowest BCUT2D eigenvalue weighted by Crippen LogP contribution is -2.15. The van der Waals surface area contributed by atoms with Gasteiger partial charge in [0.25, 0.3) is 0 Å². The minimum atomic E-state index is -0.356. The molecule has 0 heterocycles. The largest absolute Gasteiger partial charge is 0.381 e. The predicted molar refractivity (Wildman–Crippen MR) is 77.8 cm³/mol. The second kappa shape index (κ2) is 6.39. The van der Waals surface area contributed by atoms with Crippen LogP contribution in [0, 0.1) is 11.3 Å². The van der Waals surface area contributed by atoms with Gasteiger partial charge in [-0.3, -0.25) is 4.79 Å². The fraction of sp³-hybridized carbons (Fsp3) is 0.125. The first kappa shape index (κ1) is 13.6. The minimum absolute atomic E-state index is 0.210. The highest BCUT2D eigenvalue weighted by atomic mass is 16.1. The number of amides is 1. The van der Waals surface area contributed by atoms with E-state index in [2.05, 4.69) is 11.4 Å². The van der Waals surface area contributed by atoms with E-state index in [9.17, 15) is 4.79 Å². The molecule has 0 saturated heterocycles. The predicted octanol–water partition coefficient (Wildman–Crippen LogP) is 2.20. The molecule has 0 bridgehead atoms. The average Bonchev–Trinajstić information content (AvgIpc) is 2.46. The van der Waals surface area contributed by atoms with E-state index < -0.39 is 0 Å².